The number of hydrogen-bond acceptors (Lipinski definition) is 5. The van der Waals surface area contributed by atoms with Crippen molar-refractivity contribution in [2.45, 2.75) is 0 Å². The van der Waals surface area contributed by atoms with Gasteiger partial charge in [-0.3, -0.25) is 14.9 Å². The molecule has 0 bridgehead atoms. The van der Waals surface area contributed by atoms with Gasteiger partial charge in [-0.15, -0.1) is 4.73 Å². The first-order valence-corrected chi connectivity index (χ1v) is 8.78. The van der Waals surface area contributed by atoms with Crippen LogP contribution in [0.4, 0.5) is 5.69 Å². The van der Waals surface area contributed by atoms with Gasteiger partial charge >= 0.3 is 0 Å². The van der Waals surface area contributed by atoms with Gasteiger partial charge in [-0.25, -0.2) is 4.98 Å². The molecule has 142 valence electrons. The first-order chi connectivity index (χ1) is 14.1. The summed E-state index contributed by atoms with van der Waals surface area (Å²) in [6.45, 7) is 0. The Labute approximate surface area is 165 Å². The molecule has 0 atom stereocenters. The fourth-order valence-corrected chi connectivity index (χ4v) is 2.89. The highest BCUT2D eigenvalue weighted by Gasteiger charge is 2.14. The summed E-state index contributed by atoms with van der Waals surface area (Å²) in [6, 6.07) is 24.9. The smallest absolute Gasteiger partial charge is 0.287 e. The maximum atomic E-state index is 12.9. The zero-order valence-corrected chi connectivity index (χ0v) is 15.1. The van der Waals surface area contributed by atoms with Crippen molar-refractivity contribution in [3.63, 3.8) is 0 Å². The Balaban J connectivity index is 1.82. The molecule has 0 amide bonds. The Bertz CT molecular complexity index is 1200. The Morgan fingerprint density at radius 3 is 2.07 bits per heavy atom. The molecule has 2 aromatic heterocycles. The third-order valence-electron chi connectivity index (χ3n) is 4.28. The van der Waals surface area contributed by atoms with Crippen LogP contribution in [-0.2, 0) is 0 Å². The minimum absolute atomic E-state index is 0.0716. The van der Waals surface area contributed by atoms with E-state index >= 15 is 0 Å². The van der Waals surface area contributed by atoms with E-state index in [9.17, 15) is 14.9 Å². The number of hydrogen-bond donors (Lipinski definition) is 0. The molecule has 0 aliphatic carbocycles. The Hall–Kier alpha value is -4.26. The van der Waals surface area contributed by atoms with E-state index < -0.39 is 4.92 Å². The number of rotatable bonds is 5. The first-order valence-electron chi connectivity index (χ1n) is 8.78. The van der Waals surface area contributed by atoms with Gasteiger partial charge in [-0.05, 0) is 17.2 Å². The van der Waals surface area contributed by atoms with E-state index in [1.165, 1.54) is 18.2 Å². The Morgan fingerprint density at radius 2 is 1.48 bits per heavy atom. The van der Waals surface area contributed by atoms with E-state index in [0.29, 0.717) is 5.69 Å². The van der Waals surface area contributed by atoms with E-state index in [0.717, 1.165) is 27.6 Å². The fourth-order valence-electron chi connectivity index (χ4n) is 2.89. The highest BCUT2D eigenvalue weighted by molar-refractivity contribution is 5.70. The third kappa shape index (κ3) is 3.89. The summed E-state index contributed by atoms with van der Waals surface area (Å²) in [5.74, 6) is 0.0716. The third-order valence-corrected chi connectivity index (χ3v) is 4.28. The fraction of sp³-hybridized carbons (Fsp3) is 0. The van der Waals surface area contributed by atoms with E-state index in [-0.39, 0.29) is 17.1 Å². The number of benzene rings is 2. The summed E-state index contributed by atoms with van der Waals surface area (Å²) in [4.78, 5) is 32.8. The van der Waals surface area contributed by atoms with Crippen molar-refractivity contribution in [2.75, 3.05) is 0 Å². The molecular formula is C22H15N3O4. The lowest BCUT2D eigenvalue weighted by Crippen LogP contribution is -2.25. The molecule has 0 saturated heterocycles. The summed E-state index contributed by atoms with van der Waals surface area (Å²) in [5, 5.41) is 10.8. The molecule has 4 aromatic rings. The summed E-state index contributed by atoms with van der Waals surface area (Å²) in [5.41, 5.74) is 2.44. The van der Waals surface area contributed by atoms with E-state index in [1.807, 2.05) is 66.7 Å². The lowest BCUT2D eigenvalue weighted by atomic mass is 10.0. The lowest BCUT2D eigenvalue weighted by Gasteiger charge is -2.14. The van der Waals surface area contributed by atoms with Crippen LogP contribution in [-0.4, -0.2) is 14.6 Å². The van der Waals surface area contributed by atoms with Gasteiger partial charge in [0.15, 0.2) is 0 Å². The van der Waals surface area contributed by atoms with Gasteiger partial charge < -0.3 is 4.84 Å². The molecule has 2 heterocycles. The monoisotopic (exact) mass is 385 g/mol. The minimum Gasteiger partial charge on any atom is -0.351 e. The van der Waals surface area contributed by atoms with Gasteiger partial charge in [0, 0.05) is 23.8 Å². The van der Waals surface area contributed by atoms with Gasteiger partial charge in [-0.2, -0.15) is 0 Å². The van der Waals surface area contributed by atoms with Gasteiger partial charge in [-0.1, -0.05) is 60.7 Å². The topological polar surface area (TPSA) is 87.3 Å². The molecule has 0 aliphatic heterocycles. The molecule has 0 radical (unpaired) electrons. The molecule has 7 heteroatoms. The predicted molar refractivity (Wildman–Crippen MR) is 108 cm³/mol. The highest BCUT2D eigenvalue weighted by atomic mass is 16.7. The molecular weight excluding hydrogens is 370 g/mol. The molecule has 0 fully saturated rings. The van der Waals surface area contributed by atoms with Crippen LogP contribution < -0.4 is 10.4 Å². The van der Waals surface area contributed by atoms with Crippen LogP contribution in [0.15, 0.2) is 95.9 Å². The van der Waals surface area contributed by atoms with Crippen LogP contribution >= 0.6 is 0 Å². The van der Waals surface area contributed by atoms with E-state index in [1.54, 1.807) is 0 Å². The zero-order valence-electron chi connectivity index (χ0n) is 15.1. The average molecular weight is 385 g/mol. The summed E-state index contributed by atoms with van der Waals surface area (Å²) in [6.07, 6.45) is 1.08. The summed E-state index contributed by atoms with van der Waals surface area (Å²) < 4.78 is 1.13. The van der Waals surface area contributed by atoms with Crippen molar-refractivity contribution < 1.29 is 9.76 Å². The normalized spacial score (nSPS) is 10.5. The number of nitrogens with zero attached hydrogens (tertiary/aromatic N) is 3. The SMILES string of the molecule is O=c1cc(-c2ccccc2)cc(-c2ccccc2)n1Oc1ccc([N+](=O)[O-])cn1. The van der Waals surface area contributed by atoms with Crippen molar-refractivity contribution >= 4 is 5.69 Å². The Morgan fingerprint density at radius 1 is 0.828 bits per heavy atom. The second kappa shape index (κ2) is 7.77. The largest absolute Gasteiger partial charge is 0.351 e. The molecule has 0 unspecified atom stereocenters. The summed E-state index contributed by atoms with van der Waals surface area (Å²) >= 11 is 0. The van der Waals surface area contributed by atoms with Crippen LogP contribution in [0.2, 0.25) is 0 Å². The summed E-state index contributed by atoms with van der Waals surface area (Å²) in [7, 11) is 0. The van der Waals surface area contributed by atoms with E-state index in [4.69, 9.17) is 4.84 Å². The highest BCUT2D eigenvalue weighted by Crippen LogP contribution is 2.25. The molecule has 4 rings (SSSR count). The van der Waals surface area contributed by atoms with E-state index in [2.05, 4.69) is 4.98 Å². The Kier molecular flexibility index (Phi) is 4.86. The van der Waals surface area contributed by atoms with Gasteiger partial charge in [0.25, 0.3) is 11.2 Å². The molecule has 0 spiro atoms. The van der Waals surface area contributed by atoms with Crippen molar-refractivity contribution in [1.29, 1.82) is 0 Å². The maximum absolute atomic E-state index is 12.9. The lowest BCUT2D eigenvalue weighted by molar-refractivity contribution is -0.385. The van der Waals surface area contributed by atoms with Crippen LogP contribution in [0.3, 0.4) is 0 Å². The molecule has 29 heavy (non-hydrogen) atoms. The van der Waals surface area contributed by atoms with Crippen LogP contribution in [0.5, 0.6) is 5.88 Å². The van der Waals surface area contributed by atoms with Gasteiger partial charge in [0.2, 0.25) is 5.88 Å². The van der Waals surface area contributed by atoms with Crippen LogP contribution in [0.1, 0.15) is 0 Å². The quantitative estimate of drug-likeness (QED) is 0.377. The maximum Gasteiger partial charge on any atom is 0.287 e. The average Bonchev–Trinajstić information content (AvgIpc) is 2.76. The van der Waals surface area contributed by atoms with Gasteiger partial charge in [0.05, 0.1) is 10.6 Å². The van der Waals surface area contributed by atoms with Crippen LogP contribution in [0, 0.1) is 10.1 Å². The number of pyridine rings is 2. The number of aromatic nitrogens is 2. The number of nitro groups is 1. The van der Waals surface area contributed by atoms with Crippen molar-refractivity contribution in [3.8, 4) is 28.3 Å². The van der Waals surface area contributed by atoms with Crippen molar-refractivity contribution in [1.82, 2.24) is 9.71 Å². The van der Waals surface area contributed by atoms with Crippen LogP contribution in [0.25, 0.3) is 22.4 Å². The molecule has 0 N–H and O–H groups in total. The second-order valence-corrected chi connectivity index (χ2v) is 6.20. The molecule has 0 aliphatic rings. The van der Waals surface area contributed by atoms with Gasteiger partial charge in [0.1, 0.15) is 6.20 Å². The predicted octanol–water partition coefficient (Wildman–Crippen LogP) is 4.33. The van der Waals surface area contributed by atoms with Crippen molar-refractivity contribution in [2.24, 2.45) is 0 Å². The second-order valence-electron chi connectivity index (χ2n) is 6.20. The standard InChI is InChI=1S/C22H15N3O4/c26-22-14-18(16-7-3-1-4-8-16)13-20(17-9-5-2-6-10-17)24(22)29-21-12-11-19(15-23-21)25(27)28/h1-15H. The zero-order chi connectivity index (χ0) is 20.2. The molecule has 2 aromatic carbocycles. The van der Waals surface area contributed by atoms with Crippen molar-refractivity contribution in [3.05, 3.63) is 112 Å². The first kappa shape index (κ1) is 18.1. The molecule has 0 saturated carbocycles. The minimum atomic E-state index is -0.549. The molecule has 7 nitrogen and oxygen atoms in total.